The van der Waals surface area contributed by atoms with E-state index < -0.39 is 0 Å². The first-order chi connectivity index (χ1) is 8.22. The summed E-state index contributed by atoms with van der Waals surface area (Å²) in [6, 6.07) is 4.17. The van der Waals surface area contributed by atoms with Crippen LogP contribution in [0, 0.1) is 0 Å². The lowest BCUT2D eigenvalue weighted by atomic mass is 10.4. The summed E-state index contributed by atoms with van der Waals surface area (Å²) in [7, 11) is 2.02. The molecule has 0 saturated heterocycles. The van der Waals surface area contributed by atoms with E-state index in [2.05, 4.69) is 26.8 Å². The van der Waals surface area contributed by atoms with Crippen LogP contribution in [0.15, 0.2) is 17.5 Å². The van der Waals surface area contributed by atoms with E-state index in [1.54, 1.807) is 11.3 Å². The first-order valence-electron chi connectivity index (χ1n) is 5.33. The van der Waals surface area contributed by atoms with Gasteiger partial charge in [0.05, 0.1) is 13.2 Å². The van der Waals surface area contributed by atoms with E-state index in [-0.39, 0.29) is 0 Å². The van der Waals surface area contributed by atoms with Crippen molar-refractivity contribution < 1.29 is 4.74 Å². The van der Waals surface area contributed by atoms with Crippen molar-refractivity contribution in [3.8, 4) is 5.75 Å². The molecule has 0 bridgehead atoms. The number of hydrogen-bond acceptors (Lipinski definition) is 6. The Kier molecular flexibility index (Phi) is 3.86. The zero-order valence-corrected chi connectivity index (χ0v) is 11.5. The number of anilines is 2. The van der Waals surface area contributed by atoms with Crippen LogP contribution in [0.3, 0.4) is 0 Å². The fourth-order valence-electron chi connectivity index (χ4n) is 1.52. The van der Waals surface area contributed by atoms with Gasteiger partial charge in [-0.3, -0.25) is 0 Å². The molecule has 0 unspecified atom stereocenters. The molecule has 4 nitrogen and oxygen atoms in total. The van der Waals surface area contributed by atoms with Crippen molar-refractivity contribution in [1.82, 2.24) is 4.37 Å². The molecule has 6 heteroatoms. The molecule has 92 valence electrons. The van der Waals surface area contributed by atoms with Gasteiger partial charge in [0.15, 0.2) is 16.6 Å². The highest BCUT2D eigenvalue weighted by Crippen LogP contribution is 2.38. The zero-order chi connectivity index (χ0) is 12.3. The number of nitrogens with two attached hydrogens (primary N) is 1. The van der Waals surface area contributed by atoms with Gasteiger partial charge in [-0.15, -0.1) is 11.3 Å². The van der Waals surface area contributed by atoms with Crippen LogP contribution >= 0.6 is 22.9 Å². The Morgan fingerprint density at radius 1 is 1.53 bits per heavy atom. The molecule has 0 aliphatic carbocycles. The van der Waals surface area contributed by atoms with Crippen molar-refractivity contribution in [3.63, 3.8) is 0 Å². The fraction of sp³-hybridized carbons (Fsp3) is 0.364. The summed E-state index contributed by atoms with van der Waals surface area (Å²) in [6.07, 6.45) is 0. The average Bonchev–Trinajstić information content (AvgIpc) is 2.91. The van der Waals surface area contributed by atoms with Gasteiger partial charge >= 0.3 is 0 Å². The molecule has 0 amide bonds. The Morgan fingerprint density at radius 3 is 3.00 bits per heavy atom. The highest BCUT2D eigenvalue weighted by molar-refractivity contribution is 7.11. The molecule has 0 fully saturated rings. The second-order valence-electron chi connectivity index (χ2n) is 3.57. The van der Waals surface area contributed by atoms with Gasteiger partial charge < -0.3 is 15.4 Å². The minimum Gasteiger partial charge on any atom is -0.487 e. The standard InChI is InChI=1S/C11H15N3OS2/c1-3-15-9-10(12)13-17-11(9)14(2)7-8-5-4-6-16-8/h4-6H,3,7H2,1-2H3,(H2,12,13). The Hall–Kier alpha value is -1.27. The normalized spacial score (nSPS) is 10.5. The molecular formula is C11H15N3OS2. The predicted molar refractivity (Wildman–Crippen MR) is 74.1 cm³/mol. The Bertz CT molecular complexity index is 467. The molecule has 17 heavy (non-hydrogen) atoms. The van der Waals surface area contributed by atoms with Crippen molar-refractivity contribution >= 4 is 33.7 Å². The van der Waals surface area contributed by atoms with Crippen LogP contribution < -0.4 is 15.4 Å². The van der Waals surface area contributed by atoms with Crippen LogP contribution in [0.2, 0.25) is 0 Å². The molecule has 0 radical (unpaired) electrons. The van der Waals surface area contributed by atoms with Gasteiger partial charge in [0.25, 0.3) is 0 Å². The van der Waals surface area contributed by atoms with Gasteiger partial charge in [-0.1, -0.05) is 6.07 Å². The van der Waals surface area contributed by atoms with Crippen LogP contribution in [0.5, 0.6) is 5.75 Å². The number of nitrogen functional groups attached to an aromatic ring is 1. The lowest BCUT2D eigenvalue weighted by Gasteiger charge is -2.17. The number of rotatable bonds is 5. The molecule has 2 N–H and O–H groups in total. The van der Waals surface area contributed by atoms with Crippen molar-refractivity contribution in [2.75, 3.05) is 24.3 Å². The van der Waals surface area contributed by atoms with Crippen molar-refractivity contribution in [2.45, 2.75) is 13.5 Å². The van der Waals surface area contributed by atoms with Gasteiger partial charge in [0, 0.05) is 11.9 Å². The minimum absolute atomic E-state index is 0.477. The Labute approximate surface area is 109 Å². The van der Waals surface area contributed by atoms with E-state index in [1.807, 2.05) is 14.0 Å². The first kappa shape index (κ1) is 12.2. The largest absolute Gasteiger partial charge is 0.487 e. The monoisotopic (exact) mass is 269 g/mol. The second-order valence-corrected chi connectivity index (χ2v) is 5.35. The molecular weight excluding hydrogens is 254 g/mol. The Balaban J connectivity index is 2.15. The molecule has 0 spiro atoms. The second kappa shape index (κ2) is 5.37. The maximum Gasteiger partial charge on any atom is 0.197 e. The summed E-state index contributed by atoms with van der Waals surface area (Å²) in [4.78, 5) is 3.42. The molecule has 0 saturated carbocycles. The average molecular weight is 269 g/mol. The molecule has 2 rings (SSSR count). The molecule has 0 aromatic carbocycles. The number of nitrogens with zero attached hydrogens (tertiary/aromatic N) is 2. The quantitative estimate of drug-likeness (QED) is 0.907. The SMILES string of the molecule is CCOc1c(N)nsc1N(C)Cc1cccs1. The van der Waals surface area contributed by atoms with E-state index in [9.17, 15) is 0 Å². The van der Waals surface area contributed by atoms with Crippen molar-refractivity contribution in [2.24, 2.45) is 0 Å². The first-order valence-corrected chi connectivity index (χ1v) is 6.99. The van der Waals surface area contributed by atoms with E-state index in [4.69, 9.17) is 10.5 Å². The zero-order valence-electron chi connectivity index (χ0n) is 9.84. The van der Waals surface area contributed by atoms with Crippen LogP contribution in [0.1, 0.15) is 11.8 Å². The summed E-state index contributed by atoms with van der Waals surface area (Å²) in [6.45, 7) is 3.39. The molecule has 2 heterocycles. The Morgan fingerprint density at radius 2 is 2.35 bits per heavy atom. The van der Waals surface area contributed by atoms with Gasteiger partial charge in [-0.2, -0.15) is 4.37 Å². The van der Waals surface area contributed by atoms with Gasteiger partial charge in [-0.05, 0) is 29.9 Å². The molecule has 2 aromatic heterocycles. The van der Waals surface area contributed by atoms with E-state index in [0.717, 1.165) is 11.5 Å². The lowest BCUT2D eigenvalue weighted by molar-refractivity contribution is 0.343. The third-order valence-corrected chi connectivity index (χ3v) is 4.08. The van der Waals surface area contributed by atoms with Crippen LogP contribution in [0.4, 0.5) is 10.8 Å². The summed E-state index contributed by atoms with van der Waals surface area (Å²) in [5.74, 6) is 1.18. The maximum absolute atomic E-state index is 5.79. The topological polar surface area (TPSA) is 51.4 Å². The van der Waals surface area contributed by atoms with E-state index in [0.29, 0.717) is 18.2 Å². The number of thiophene rings is 1. The smallest absolute Gasteiger partial charge is 0.197 e. The number of hydrogen-bond donors (Lipinski definition) is 1. The highest BCUT2D eigenvalue weighted by Gasteiger charge is 2.16. The summed E-state index contributed by atoms with van der Waals surface area (Å²) in [5.41, 5.74) is 5.79. The fourth-order valence-corrected chi connectivity index (χ4v) is 2.99. The van der Waals surface area contributed by atoms with Crippen LogP contribution in [-0.4, -0.2) is 18.0 Å². The number of ether oxygens (including phenoxy) is 1. The molecule has 0 atom stereocenters. The number of aromatic nitrogens is 1. The van der Waals surface area contributed by atoms with Gasteiger partial charge in [0.2, 0.25) is 0 Å². The highest BCUT2D eigenvalue weighted by atomic mass is 32.1. The van der Waals surface area contributed by atoms with Gasteiger partial charge in [0.1, 0.15) is 0 Å². The predicted octanol–water partition coefficient (Wildman–Crippen LogP) is 2.82. The minimum atomic E-state index is 0.477. The molecule has 2 aromatic rings. The van der Waals surface area contributed by atoms with Gasteiger partial charge in [-0.25, -0.2) is 0 Å². The summed E-state index contributed by atoms with van der Waals surface area (Å²) >= 11 is 3.12. The maximum atomic E-state index is 5.79. The summed E-state index contributed by atoms with van der Waals surface area (Å²) < 4.78 is 9.67. The van der Waals surface area contributed by atoms with E-state index in [1.165, 1.54) is 16.4 Å². The van der Waals surface area contributed by atoms with E-state index >= 15 is 0 Å². The molecule has 0 aliphatic rings. The van der Waals surface area contributed by atoms with Crippen LogP contribution in [-0.2, 0) is 6.54 Å². The van der Waals surface area contributed by atoms with Crippen molar-refractivity contribution in [3.05, 3.63) is 22.4 Å². The molecule has 0 aliphatic heterocycles. The lowest BCUT2D eigenvalue weighted by Crippen LogP contribution is -2.15. The summed E-state index contributed by atoms with van der Waals surface area (Å²) in [5, 5.41) is 3.06. The van der Waals surface area contributed by atoms with Crippen LogP contribution in [0.25, 0.3) is 0 Å². The third-order valence-electron chi connectivity index (χ3n) is 2.27. The van der Waals surface area contributed by atoms with Crippen molar-refractivity contribution in [1.29, 1.82) is 0 Å². The third kappa shape index (κ3) is 2.70.